The molecule has 0 spiro atoms. The van der Waals surface area contributed by atoms with Gasteiger partial charge >= 0.3 is 0 Å². The molecule has 0 amide bonds. The Bertz CT molecular complexity index is 1010. The first-order valence-electron chi connectivity index (χ1n) is 9.46. The van der Waals surface area contributed by atoms with Gasteiger partial charge in [0.05, 0.1) is 0 Å². The van der Waals surface area contributed by atoms with E-state index < -0.39 is 6.43 Å². The number of nitrogens with zero attached hydrogens (tertiary/aromatic N) is 4. The summed E-state index contributed by atoms with van der Waals surface area (Å²) in [6.45, 7) is 7.00. The van der Waals surface area contributed by atoms with Crippen molar-refractivity contribution in [2.75, 3.05) is 12.0 Å². The molecule has 0 aromatic carbocycles. The van der Waals surface area contributed by atoms with Crippen LogP contribution in [0.25, 0.3) is 6.08 Å². The minimum Gasteiger partial charge on any atom is -0.300 e. The van der Waals surface area contributed by atoms with Crippen LogP contribution in [0.2, 0.25) is 0 Å². The minimum absolute atomic E-state index is 0.0571. The quantitative estimate of drug-likeness (QED) is 0.878. The lowest BCUT2D eigenvalue weighted by Gasteiger charge is -2.39. The molecule has 1 atom stereocenters. The number of alkyl halides is 2. The summed E-state index contributed by atoms with van der Waals surface area (Å²) in [6.07, 6.45) is 1.74. The number of aromatic nitrogens is 3. The lowest BCUT2D eigenvalue weighted by atomic mass is 10.0. The van der Waals surface area contributed by atoms with E-state index in [2.05, 4.69) is 20.3 Å². The van der Waals surface area contributed by atoms with E-state index in [-0.39, 0.29) is 17.3 Å². The monoisotopic (exact) mass is 387 g/mol. The number of hydrogen-bond donors (Lipinski definition) is 1. The third-order valence-corrected chi connectivity index (χ3v) is 5.51. The standard InChI is InChI=1S/C20H23F2N5O/c1-4-15-12(3)24-17-7-11(2)19(25-27(17)20(15)28)26-6-5-16-14(10-26)8-13(9-23-16)18(21)22/h7-9,18-19,25H,4-6,10H2,1-3H3. The average molecular weight is 387 g/mol. The van der Waals surface area contributed by atoms with Crippen molar-refractivity contribution in [1.29, 1.82) is 0 Å². The van der Waals surface area contributed by atoms with E-state index in [1.54, 1.807) is 6.07 Å². The Hall–Kier alpha value is -2.61. The Labute approximate surface area is 161 Å². The van der Waals surface area contributed by atoms with Crippen LogP contribution in [0, 0.1) is 6.92 Å². The fourth-order valence-corrected chi connectivity index (χ4v) is 3.99. The van der Waals surface area contributed by atoms with Crippen LogP contribution in [-0.4, -0.2) is 32.3 Å². The van der Waals surface area contributed by atoms with Crippen LogP contribution in [0.3, 0.4) is 0 Å². The minimum atomic E-state index is -2.53. The van der Waals surface area contributed by atoms with Gasteiger partial charge in [-0.3, -0.25) is 20.1 Å². The van der Waals surface area contributed by atoms with Crippen molar-refractivity contribution in [3.63, 3.8) is 0 Å². The molecule has 6 nitrogen and oxygen atoms in total. The average Bonchev–Trinajstić information content (AvgIpc) is 2.67. The fourth-order valence-electron chi connectivity index (χ4n) is 3.99. The second kappa shape index (κ2) is 7.09. The molecule has 0 aliphatic carbocycles. The summed E-state index contributed by atoms with van der Waals surface area (Å²) < 4.78 is 27.6. The number of hydrogen-bond acceptors (Lipinski definition) is 5. The number of rotatable bonds is 3. The lowest BCUT2D eigenvalue weighted by molar-refractivity contribution is 0.150. The largest absolute Gasteiger partial charge is 0.300 e. The van der Waals surface area contributed by atoms with Gasteiger partial charge in [0, 0.05) is 48.2 Å². The first-order valence-corrected chi connectivity index (χ1v) is 9.46. The Morgan fingerprint density at radius 3 is 2.86 bits per heavy atom. The van der Waals surface area contributed by atoms with Gasteiger partial charge in [0.2, 0.25) is 0 Å². The first kappa shape index (κ1) is 18.7. The van der Waals surface area contributed by atoms with Crippen molar-refractivity contribution < 1.29 is 8.78 Å². The van der Waals surface area contributed by atoms with Gasteiger partial charge in [-0.2, -0.15) is 0 Å². The van der Waals surface area contributed by atoms with Crippen LogP contribution >= 0.6 is 0 Å². The summed E-state index contributed by atoms with van der Waals surface area (Å²) in [5.74, 6) is 0.590. The van der Waals surface area contributed by atoms with E-state index >= 15 is 0 Å². The van der Waals surface area contributed by atoms with Gasteiger partial charge < -0.3 is 0 Å². The predicted octanol–water partition coefficient (Wildman–Crippen LogP) is 2.79. The second-order valence-electron chi connectivity index (χ2n) is 7.34. The highest BCUT2D eigenvalue weighted by Gasteiger charge is 2.30. The third-order valence-electron chi connectivity index (χ3n) is 5.51. The molecule has 0 saturated heterocycles. The summed E-state index contributed by atoms with van der Waals surface area (Å²) >= 11 is 0. The van der Waals surface area contributed by atoms with Crippen LogP contribution < -0.4 is 11.0 Å². The van der Waals surface area contributed by atoms with Gasteiger partial charge in [0.1, 0.15) is 6.17 Å². The molecule has 28 heavy (non-hydrogen) atoms. The number of aryl methyl sites for hydroxylation is 1. The van der Waals surface area contributed by atoms with Crippen LogP contribution in [0.5, 0.6) is 0 Å². The van der Waals surface area contributed by atoms with Crippen molar-refractivity contribution in [1.82, 2.24) is 19.5 Å². The highest BCUT2D eigenvalue weighted by molar-refractivity contribution is 5.51. The van der Waals surface area contributed by atoms with E-state index in [1.807, 2.05) is 26.8 Å². The van der Waals surface area contributed by atoms with Gasteiger partial charge in [0.15, 0.2) is 5.82 Å². The SMILES string of the molecule is CCc1c(C)nc2n(c1=O)NC(N1CCc3ncc(C(F)F)cc3C1)C(C)=C2. The van der Waals surface area contributed by atoms with Crippen LogP contribution in [-0.2, 0) is 19.4 Å². The Morgan fingerprint density at radius 2 is 2.14 bits per heavy atom. The van der Waals surface area contributed by atoms with Crippen molar-refractivity contribution in [3.05, 3.63) is 62.1 Å². The zero-order chi connectivity index (χ0) is 20.0. The predicted molar refractivity (Wildman–Crippen MR) is 103 cm³/mol. The topological polar surface area (TPSA) is 63.1 Å². The van der Waals surface area contributed by atoms with Crippen molar-refractivity contribution >= 4 is 6.08 Å². The number of halogens is 2. The second-order valence-corrected chi connectivity index (χ2v) is 7.34. The molecule has 148 valence electrons. The normalized spacial score (nSPS) is 19.1. The molecule has 2 aliphatic rings. The Balaban J connectivity index is 1.66. The highest BCUT2D eigenvalue weighted by atomic mass is 19.3. The van der Waals surface area contributed by atoms with Crippen LogP contribution in [0.4, 0.5) is 8.78 Å². The summed E-state index contributed by atoms with van der Waals surface area (Å²) in [5.41, 5.74) is 7.29. The molecule has 8 heteroatoms. The molecule has 4 rings (SSSR count). The molecule has 1 unspecified atom stereocenters. The highest BCUT2D eigenvalue weighted by Crippen LogP contribution is 2.27. The number of fused-ring (bicyclic) bond motifs is 2. The number of pyridine rings is 1. The smallest absolute Gasteiger partial charge is 0.275 e. The molecular weight excluding hydrogens is 364 g/mol. The molecule has 0 radical (unpaired) electrons. The van der Waals surface area contributed by atoms with Crippen molar-refractivity contribution in [3.8, 4) is 0 Å². The molecule has 0 bridgehead atoms. The number of nitrogens with one attached hydrogen (secondary N) is 1. The Morgan fingerprint density at radius 1 is 1.36 bits per heavy atom. The molecule has 2 aromatic heterocycles. The van der Waals surface area contributed by atoms with Crippen molar-refractivity contribution in [2.24, 2.45) is 0 Å². The molecule has 0 saturated carbocycles. The summed E-state index contributed by atoms with van der Waals surface area (Å²) in [7, 11) is 0. The van der Waals surface area contributed by atoms with Gasteiger partial charge in [-0.05, 0) is 43.5 Å². The van der Waals surface area contributed by atoms with E-state index in [4.69, 9.17) is 0 Å². The zero-order valence-electron chi connectivity index (χ0n) is 16.2. The summed E-state index contributed by atoms with van der Waals surface area (Å²) in [4.78, 5) is 23.8. The summed E-state index contributed by atoms with van der Waals surface area (Å²) in [6, 6.07) is 1.54. The van der Waals surface area contributed by atoms with Gasteiger partial charge in [-0.15, -0.1) is 0 Å². The van der Waals surface area contributed by atoms with Gasteiger partial charge in [0.25, 0.3) is 12.0 Å². The van der Waals surface area contributed by atoms with Gasteiger partial charge in [-0.1, -0.05) is 6.92 Å². The Kier molecular flexibility index (Phi) is 4.74. The first-order chi connectivity index (χ1) is 13.4. The van der Waals surface area contributed by atoms with E-state index in [1.165, 1.54) is 10.9 Å². The van der Waals surface area contributed by atoms with E-state index in [0.29, 0.717) is 30.8 Å². The molecule has 2 aliphatic heterocycles. The molecule has 2 aromatic rings. The van der Waals surface area contributed by atoms with Gasteiger partial charge in [-0.25, -0.2) is 18.4 Å². The maximum atomic E-state index is 13.0. The molecular formula is C20H23F2N5O. The zero-order valence-corrected chi connectivity index (χ0v) is 16.2. The van der Waals surface area contributed by atoms with E-state index in [9.17, 15) is 13.6 Å². The molecule has 1 N–H and O–H groups in total. The third kappa shape index (κ3) is 3.11. The lowest BCUT2D eigenvalue weighted by Crippen LogP contribution is -2.52. The van der Waals surface area contributed by atoms with Crippen LogP contribution in [0.1, 0.15) is 54.2 Å². The molecule has 4 heterocycles. The fraction of sp³-hybridized carbons (Fsp3) is 0.450. The van der Waals surface area contributed by atoms with Crippen molar-refractivity contribution in [2.45, 2.75) is 52.7 Å². The van der Waals surface area contributed by atoms with Crippen LogP contribution in [0.15, 0.2) is 22.6 Å². The maximum absolute atomic E-state index is 13.0. The molecule has 0 fully saturated rings. The van der Waals surface area contributed by atoms with E-state index in [0.717, 1.165) is 29.1 Å². The summed E-state index contributed by atoms with van der Waals surface area (Å²) in [5, 5.41) is 0. The maximum Gasteiger partial charge on any atom is 0.275 e.